The van der Waals surface area contributed by atoms with Gasteiger partial charge < -0.3 is 9.47 Å². The number of rotatable bonds is 7. The summed E-state index contributed by atoms with van der Waals surface area (Å²) in [4.78, 5) is 22.0. The molecule has 0 radical (unpaired) electrons. The molecule has 0 amide bonds. The summed E-state index contributed by atoms with van der Waals surface area (Å²) >= 11 is 1.50. The lowest BCUT2D eigenvalue weighted by Crippen LogP contribution is -2.03. The predicted octanol–water partition coefficient (Wildman–Crippen LogP) is 4.42. The molecule has 6 heteroatoms. The molecule has 0 aliphatic carbocycles. The van der Waals surface area contributed by atoms with Crippen LogP contribution in [0.4, 0.5) is 0 Å². The van der Waals surface area contributed by atoms with Gasteiger partial charge in [-0.05, 0) is 25.5 Å². The molecule has 0 fully saturated rings. The Bertz CT molecular complexity index is 935. The van der Waals surface area contributed by atoms with E-state index in [1.807, 2.05) is 49.4 Å². The zero-order chi connectivity index (χ0) is 19.1. The lowest BCUT2D eigenvalue weighted by atomic mass is 10.1. The van der Waals surface area contributed by atoms with E-state index >= 15 is 0 Å². The summed E-state index contributed by atoms with van der Waals surface area (Å²) in [7, 11) is 0. The Balaban J connectivity index is 1.87. The molecule has 2 aromatic heterocycles. The Hall–Kier alpha value is -2.99. The third-order valence-corrected chi connectivity index (χ3v) is 4.58. The zero-order valence-corrected chi connectivity index (χ0v) is 16.0. The maximum absolute atomic E-state index is 12.0. The van der Waals surface area contributed by atoms with Gasteiger partial charge in [0.15, 0.2) is 0 Å². The Labute approximate surface area is 162 Å². The van der Waals surface area contributed by atoms with Crippen LogP contribution in [0.1, 0.15) is 28.1 Å². The lowest BCUT2D eigenvalue weighted by Gasteiger charge is -2.09. The molecule has 3 aromatic rings. The quantitative estimate of drug-likeness (QED) is 0.448. The fourth-order valence-electron chi connectivity index (χ4n) is 2.40. The molecule has 0 atom stereocenters. The van der Waals surface area contributed by atoms with Gasteiger partial charge in [0, 0.05) is 28.8 Å². The first kappa shape index (κ1) is 18.8. The highest BCUT2D eigenvalue weighted by molar-refractivity contribution is 7.12. The number of esters is 1. The first-order valence-electron chi connectivity index (χ1n) is 8.61. The van der Waals surface area contributed by atoms with E-state index in [0.717, 1.165) is 10.4 Å². The minimum absolute atomic E-state index is 0.313. The average Bonchev–Trinajstić information content (AvgIpc) is 3.12. The third kappa shape index (κ3) is 5.24. The summed E-state index contributed by atoms with van der Waals surface area (Å²) in [5, 5.41) is 0.716. The second kappa shape index (κ2) is 9.09. The van der Waals surface area contributed by atoms with Crippen LogP contribution in [0, 0.1) is 6.92 Å². The Kier molecular flexibility index (Phi) is 6.33. The standard InChI is InChI=1S/C21H20N2O3S/c1-3-25-20(24)12-17(21-22-13-15(2)27-21)18-10-7-11-19(23-18)26-14-16-8-5-4-6-9-16/h4-13H,3,14H2,1-2H3. The van der Waals surface area contributed by atoms with Crippen LogP contribution in [0.15, 0.2) is 60.8 Å². The maximum Gasteiger partial charge on any atom is 0.331 e. The van der Waals surface area contributed by atoms with Gasteiger partial charge in [-0.25, -0.2) is 14.8 Å². The summed E-state index contributed by atoms with van der Waals surface area (Å²) in [6, 6.07) is 15.4. The van der Waals surface area contributed by atoms with Gasteiger partial charge in [-0.3, -0.25) is 0 Å². The number of hydrogen-bond acceptors (Lipinski definition) is 6. The Morgan fingerprint density at radius 2 is 1.96 bits per heavy atom. The topological polar surface area (TPSA) is 61.3 Å². The van der Waals surface area contributed by atoms with Crippen LogP contribution in [0.25, 0.3) is 5.57 Å². The normalized spacial score (nSPS) is 11.3. The van der Waals surface area contributed by atoms with Crippen LogP contribution >= 0.6 is 11.3 Å². The van der Waals surface area contributed by atoms with Gasteiger partial charge in [0.25, 0.3) is 0 Å². The van der Waals surface area contributed by atoms with Crippen molar-refractivity contribution >= 4 is 22.9 Å². The minimum atomic E-state index is -0.419. The fourth-order valence-corrected chi connectivity index (χ4v) is 3.19. The molecule has 0 spiro atoms. The van der Waals surface area contributed by atoms with Gasteiger partial charge in [0.2, 0.25) is 5.88 Å². The van der Waals surface area contributed by atoms with Crippen molar-refractivity contribution in [2.24, 2.45) is 0 Å². The summed E-state index contributed by atoms with van der Waals surface area (Å²) in [6.45, 7) is 4.48. The summed E-state index contributed by atoms with van der Waals surface area (Å²) < 4.78 is 10.9. The van der Waals surface area contributed by atoms with E-state index in [9.17, 15) is 4.79 Å². The van der Waals surface area contributed by atoms with E-state index in [1.165, 1.54) is 17.4 Å². The van der Waals surface area contributed by atoms with Crippen LogP contribution in [-0.4, -0.2) is 22.5 Å². The minimum Gasteiger partial charge on any atom is -0.473 e. The van der Waals surface area contributed by atoms with Crippen molar-refractivity contribution in [3.63, 3.8) is 0 Å². The summed E-state index contributed by atoms with van der Waals surface area (Å²) in [6.07, 6.45) is 3.21. The molecule has 0 bridgehead atoms. The highest BCUT2D eigenvalue weighted by Gasteiger charge is 2.14. The third-order valence-electron chi connectivity index (χ3n) is 3.63. The largest absolute Gasteiger partial charge is 0.473 e. The summed E-state index contributed by atoms with van der Waals surface area (Å²) in [5.74, 6) is 0.0668. The highest BCUT2D eigenvalue weighted by Crippen LogP contribution is 2.27. The molecular formula is C21H20N2O3S. The molecule has 1 aromatic carbocycles. The van der Waals surface area contributed by atoms with E-state index in [-0.39, 0.29) is 0 Å². The van der Waals surface area contributed by atoms with Gasteiger partial charge in [-0.2, -0.15) is 0 Å². The van der Waals surface area contributed by atoms with Gasteiger partial charge in [0.1, 0.15) is 11.6 Å². The number of ether oxygens (including phenoxy) is 2. The van der Waals surface area contributed by atoms with Gasteiger partial charge >= 0.3 is 5.97 Å². The average molecular weight is 380 g/mol. The number of carbonyl (C=O) groups is 1. The molecule has 5 nitrogen and oxygen atoms in total. The molecule has 0 saturated heterocycles. The van der Waals surface area contributed by atoms with Crippen LogP contribution in [-0.2, 0) is 16.1 Å². The molecule has 2 heterocycles. The van der Waals surface area contributed by atoms with E-state index < -0.39 is 5.97 Å². The van der Waals surface area contributed by atoms with Crippen LogP contribution < -0.4 is 4.74 Å². The number of hydrogen-bond donors (Lipinski definition) is 0. The summed E-state index contributed by atoms with van der Waals surface area (Å²) in [5.41, 5.74) is 2.29. The second-order valence-corrected chi connectivity index (χ2v) is 6.96. The van der Waals surface area contributed by atoms with Crippen molar-refractivity contribution in [2.45, 2.75) is 20.5 Å². The predicted molar refractivity (Wildman–Crippen MR) is 106 cm³/mol. The highest BCUT2D eigenvalue weighted by atomic mass is 32.1. The van der Waals surface area contributed by atoms with E-state index in [0.29, 0.717) is 35.4 Å². The second-order valence-electron chi connectivity index (χ2n) is 5.72. The van der Waals surface area contributed by atoms with Gasteiger partial charge in [0.05, 0.1) is 12.3 Å². The van der Waals surface area contributed by atoms with Crippen LogP contribution in [0.3, 0.4) is 0 Å². The smallest absolute Gasteiger partial charge is 0.331 e. The Morgan fingerprint density at radius 3 is 2.67 bits per heavy atom. The van der Waals surface area contributed by atoms with Crippen molar-refractivity contribution in [3.05, 3.63) is 81.9 Å². The number of aromatic nitrogens is 2. The Morgan fingerprint density at radius 1 is 1.15 bits per heavy atom. The zero-order valence-electron chi connectivity index (χ0n) is 15.2. The fraction of sp³-hybridized carbons (Fsp3) is 0.190. The molecule has 0 unspecified atom stereocenters. The molecule has 27 heavy (non-hydrogen) atoms. The monoisotopic (exact) mass is 380 g/mol. The van der Waals surface area contributed by atoms with Crippen LogP contribution in [0.5, 0.6) is 5.88 Å². The lowest BCUT2D eigenvalue weighted by molar-refractivity contribution is -0.137. The molecule has 0 aliphatic rings. The molecule has 0 aliphatic heterocycles. The van der Waals surface area contributed by atoms with E-state index in [2.05, 4.69) is 9.97 Å². The number of aryl methyl sites for hydroxylation is 1. The molecule has 3 rings (SSSR count). The number of benzene rings is 1. The number of carbonyl (C=O) groups excluding carboxylic acids is 1. The molecule has 0 saturated carbocycles. The van der Waals surface area contributed by atoms with Crippen molar-refractivity contribution in [2.75, 3.05) is 6.61 Å². The first-order chi connectivity index (χ1) is 13.2. The van der Waals surface area contributed by atoms with Crippen molar-refractivity contribution in [1.29, 1.82) is 0 Å². The van der Waals surface area contributed by atoms with Gasteiger partial charge in [-0.1, -0.05) is 36.4 Å². The first-order valence-corrected chi connectivity index (χ1v) is 9.42. The van der Waals surface area contributed by atoms with Gasteiger partial charge in [-0.15, -0.1) is 11.3 Å². The maximum atomic E-state index is 12.0. The van der Waals surface area contributed by atoms with Crippen molar-refractivity contribution < 1.29 is 14.3 Å². The number of thiazole rings is 1. The van der Waals surface area contributed by atoms with Crippen LogP contribution in [0.2, 0.25) is 0 Å². The molecule has 138 valence electrons. The van der Waals surface area contributed by atoms with E-state index in [4.69, 9.17) is 9.47 Å². The van der Waals surface area contributed by atoms with Crippen molar-refractivity contribution in [3.8, 4) is 5.88 Å². The SMILES string of the molecule is CCOC(=O)C=C(c1cccc(OCc2ccccc2)n1)c1ncc(C)s1. The molecular weight excluding hydrogens is 360 g/mol. The van der Waals surface area contributed by atoms with E-state index in [1.54, 1.807) is 19.2 Å². The van der Waals surface area contributed by atoms with Crippen molar-refractivity contribution in [1.82, 2.24) is 9.97 Å². The number of pyridine rings is 1. The molecule has 0 N–H and O–H groups in total. The number of nitrogens with zero attached hydrogens (tertiary/aromatic N) is 2.